The van der Waals surface area contributed by atoms with E-state index in [1.807, 2.05) is 11.8 Å². The Kier molecular flexibility index (Phi) is 6.95. The van der Waals surface area contributed by atoms with E-state index >= 15 is 0 Å². The fourth-order valence-electron chi connectivity index (χ4n) is 2.77. The van der Waals surface area contributed by atoms with E-state index in [-0.39, 0.29) is 17.9 Å². The van der Waals surface area contributed by atoms with E-state index in [1.165, 1.54) is 24.2 Å². The lowest BCUT2D eigenvalue weighted by Crippen LogP contribution is -2.43. The van der Waals surface area contributed by atoms with Crippen molar-refractivity contribution in [2.75, 3.05) is 11.9 Å². The number of hydrogen-bond donors (Lipinski definition) is 1. The number of nitrogens with zero attached hydrogens (tertiary/aromatic N) is 3. The summed E-state index contributed by atoms with van der Waals surface area (Å²) in [6.45, 7) is 4.85. The second-order valence-electron chi connectivity index (χ2n) is 6.10. The number of aromatic nitrogens is 2. The minimum atomic E-state index is -0.105. The summed E-state index contributed by atoms with van der Waals surface area (Å²) in [7, 11) is 0. The first-order valence-electron chi connectivity index (χ1n) is 8.52. The van der Waals surface area contributed by atoms with Crippen molar-refractivity contribution in [1.29, 1.82) is 0 Å². The van der Waals surface area contributed by atoms with Crippen LogP contribution < -0.4 is 5.32 Å². The molecule has 7 heteroatoms. The van der Waals surface area contributed by atoms with Gasteiger partial charge < -0.3 is 10.2 Å². The van der Waals surface area contributed by atoms with Gasteiger partial charge in [-0.15, -0.1) is 10.2 Å². The summed E-state index contributed by atoms with van der Waals surface area (Å²) in [6.07, 6.45) is 7.26. The number of anilines is 1. The van der Waals surface area contributed by atoms with Gasteiger partial charge in [-0.1, -0.05) is 31.1 Å². The average Bonchev–Trinajstić information content (AvgIpc) is 2.95. The van der Waals surface area contributed by atoms with Crippen LogP contribution in [0.25, 0.3) is 0 Å². The Bertz CT molecular complexity index is 532. The Balaban J connectivity index is 1.78. The SMILES string of the molecule is CCCCCc1nnc(NC(=O)CC(C)N2CCCCC2=O)s1. The van der Waals surface area contributed by atoms with E-state index in [9.17, 15) is 9.59 Å². The van der Waals surface area contributed by atoms with E-state index < -0.39 is 0 Å². The number of rotatable bonds is 8. The van der Waals surface area contributed by atoms with Crippen molar-refractivity contribution in [3.05, 3.63) is 5.01 Å². The predicted molar refractivity (Wildman–Crippen MR) is 91.4 cm³/mol. The zero-order valence-electron chi connectivity index (χ0n) is 14.0. The molecular formula is C16H26N4O2S. The molecule has 2 rings (SSSR count). The van der Waals surface area contributed by atoms with Gasteiger partial charge in [-0.3, -0.25) is 9.59 Å². The molecule has 0 aromatic carbocycles. The Morgan fingerprint density at radius 1 is 1.35 bits per heavy atom. The van der Waals surface area contributed by atoms with E-state index in [4.69, 9.17) is 0 Å². The minimum absolute atomic E-state index is 0.0697. The van der Waals surface area contributed by atoms with E-state index in [1.54, 1.807) is 0 Å². The molecule has 1 fully saturated rings. The van der Waals surface area contributed by atoms with Crippen LogP contribution in [0.5, 0.6) is 0 Å². The fourth-order valence-corrected chi connectivity index (χ4v) is 3.57. The highest BCUT2D eigenvalue weighted by molar-refractivity contribution is 7.15. The van der Waals surface area contributed by atoms with Crippen LogP contribution in [0.2, 0.25) is 0 Å². The quantitative estimate of drug-likeness (QED) is 0.739. The summed E-state index contributed by atoms with van der Waals surface area (Å²) in [5, 5.41) is 12.5. The molecule has 2 heterocycles. The van der Waals surface area contributed by atoms with Gasteiger partial charge in [-0.2, -0.15) is 0 Å². The smallest absolute Gasteiger partial charge is 0.228 e. The van der Waals surface area contributed by atoms with Gasteiger partial charge in [0.05, 0.1) is 0 Å². The Labute approximate surface area is 141 Å². The van der Waals surface area contributed by atoms with Crippen molar-refractivity contribution in [2.45, 2.75) is 71.3 Å². The molecule has 2 amide bonds. The molecule has 0 bridgehead atoms. The molecule has 0 aliphatic carbocycles. The summed E-state index contributed by atoms with van der Waals surface area (Å²) >= 11 is 1.44. The number of likely N-dealkylation sites (tertiary alicyclic amines) is 1. The summed E-state index contributed by atoms with van der Waals surface area (Å²) in [6, 6.07) is -0.0697. The van der Waals surface area contributed by atoms with Gasteiger partial charge in [0.15, 0.2) is 0 Å². The highest BCUT2D eigenvalue weighted by Crippen LogP contribution is 2.19. The number of hydrogen-bond acceptors (Lipinski definition) is 5. The summed E-state index contributed by atoms with van der Waals surface area (Å²) < 4.78 is 0. The third kappa shape index (κ3) is 5.57. The van der Waals surface area contributed by atoms with Crippen LogP contribution in [0, 0.1) is 0 Å². The van der Waals surface area contributed by atoms with Crippen molar-refractivity contribution in [3.63, 3.8) is 0 Å². The Morgan fingerprint density at radius 3 is 2.91 bits per heavy atom. The zero-order chi connectivity index (χ0) is 16.7. The Hall–Kier alpha value is -1.50. The normalized spacial score (nSPS) is 16.4. The monoisotopic (exact) mass is 338 g/mol. The predicted octanol–water partition coefficient (Wildman–Crippen LogP) is 3.00. The molecule has 0 radical (unpaired) electrons. The van der Waals surface area contributed by atoms with Crippen LogP contribution in [0.1, 0.15) is 63.8 Å². The van der Waals surface area contributed by atoms with Gasteiger partial charge in [0.2, 0.25) is 16.9 Å². The standard InChI is InChI=1S/C16H26N4O2S/c1-3-4-5-8-14-18-19-16(23-14)17-13(21)11-12(2)20-10-7-6-9-15(20)22/h12H,3-11H2,1-2H3,(H,17,19,21). The molecular weight excluding hydrogens is 312 g/mol. The maximum atomic E-state index is 12.1. The van der Waals surface area contributed by atoms with Crippen LogP contribution in [0.4, 0.5) is 5.13 Å². The van der Waals surface area contributed by atoms with Crippen LogP contribution in [0.15, 0.2) is 0 Å². The lowest BCUT2D eigenvalue weighted by Gasteiger charge is -2.32. The molecule has 0 saturated carbocycles. The first kappa shape index (κ1) is 17.8. The lowest BCUT2D eigenvalue weighted by molar-refractivity contribution is -0.136. The molecule has 1 unspecified atom stereocenters. The van der Waals surface area contributed by atoms with Crippen LogP contribution in [-0.2, 0) is 16.0 Å². The third-order valence-electron chi connectivity index (χ3n) is 4.08. The zero-order valence-corrected chi connectivity index (χ0v) is 14.8. The van der Waals surface area contributed by atoms with Gasteiger partial charge in [0.25, 0.3) is 0 Å². The largest absolute Gasteiger partial charge is 0.339 e. The number of amides is 2. The highest BCUT2D eigenvalue weighted by atomic mass is 32.1. The third-order valence-corrected chi connectivity index (χ3v) is 4.98. The number of carbonyl (C=O) groups excluding carboxylic acids is 2. The molecule has 6 nitrogen and oxygen atoms in total. The minimum Gasteiger partial charge on any atom is -0.339 e. The lowest BCUT2D eigenvalue weighted by atomic mass is 10.1. The van der Waals surface area contributed by atoms with E-state index in [0.29, 0.717) is 18.0 Å². The molecule has 1 saturated heterocycles. The van der Waals surface area contributed by atoms with Gasteiger partial charge in [-0.25, -0.2) is 0 Å². The first-order chi connectivity index (χ1) is 11.1. The fraction of sp³-hybridized carbons (Fsp3) is 0.750. The molecule has 128 valence electrons. The van der Waals surface area contributed by atoms with E-state index in [2.05, 4.69) is 22.4 Å². The molecule has 1 aromatic heterocycles. The average molecular weight is 338 g/mol. The van der Waals surface area contributed by atoms with Gasteiger partial charge in [0, 0.05) is 31.8 Å². The number of piperidine rings is 1. The van der Waals surface area contributed by atoms with Crippen LogP contribution in [0.3, 0.4) is 0 Å². The van der Waals surface area contributed by atoms with Crippen molar-refractivity contribution < 1.29 is 9.59 Å². The molecule has 1 atom stereocenters. The van der Waals surface area contributed by atoms with Crippen molar-refractivity contribution in [2.24, 2.45) is 0 Å². The van der Waals surface area contributed by atoms with Crippen LogP contribution >= 0.6 is 11.3 Å². The molecule has 23 heavy (non-hydrogen) atoms. The molecule has 1 aliphatic rings. The molecule has 0 spiro atoms. The second kappa shape index (κ2) is 8.96. The summed E-state index contributed by atoms with van der Waals surface area (Å²) in [5.41, 5.74) is 0. The van der Waals surface area contributed by atoms with E-state index in [0.717, 1.165) is 37.2 Å². The number of unbranched alkanes of at least 4 members (excludes halogenated alkanes) is 2. The van der Waals surface area contributed by atoms with Crippen LogP contribution in [-0.4, -0.2) is 39.5 Å². The number of aryl methyl sites for hydroxylation is 1. The first-order valence-corrected chi connectivity index (χ1v) is 9.33. The van der Waals surface area contributed by atoms with Crippen molar-refractivity contribution in [1.82, 2.24) is 15.1 Å². The highest BCUT2D eigenvalue weighted by Gasteiger charge is 2.24. The maximum Gasteiger partial charge on any atom is 0.228 e. The summed E-state index contributed by atoms with van der Waals surface area (Å²) in [4.78, 5) is 25.8. The number of carbonyl (C=O) groups is 2. The van der Waals surface area contributed by atoms with Crippen molar-refractivity contribution in [3.8, 4) is 0 Å². The van der Waals surface area contributed by atoms with Gasteiger partial charge >= 0.3 is 0 Å². The number of nitrogens with one attached hydrogen (secondary N) is 1. The van der Waals surface area contributed by atoms with Gasteiger partial charge in [-0.05, 0) is 26.2 Å². The topological polar surface area (TPSA) is 75.2 Å². The Morgan fingerprint density at radius 2 is 2.17 bits per heavy atom. The van der Waals surface area contributed by atoms with Crippen molar-refractivity contribution >= 4 is 28.3 Å². The van der Waals surface area contributed by atoms with Gasteiger partial charge in [0.1, 0.15) is 5.01 Å². The maximum absolute atomic E-state index is 12.1. The molecule has 1 aromatic rings. The molecule has 1 N–H and O–H groups in total. The second-order valence-corrected chi connectivity index (χ2v) is 7.17. The summed E-state index contributed by atoms with van der Waals surface area (Å²) in [5.74, 6) is 0.0535. The molecule has 1 aliphatic heterocycles.